The summed E-state index contributed by atoms with van der Waals surface area (Å²) >= 11 is 0. The predicted octanol–water partition coefficient (Wildman–Crippen LogP) is 2.84. The second-order valence-corrected chi connectivity index (χ2v) is 5.98. The Morgan fingerprint density at radius 2 is 2.05 bits per heavy atom. The molecule has 1 aliphatic carbocycles. The van der Waals surface area contributed by atoms with E-state index in [1.807, 2.05) is 37.1 Å². The molecule has 0 aliphatic heterocycles. The van der Waals surface area contributed by atoms with Crippen molar-refractivity contribution in [1.82, 2.24) is 4.90 Å². The van der Waals surface area contributed by atoms with Gasteiger partial charge in [0.25, 0.3) is 0 Å². The molecule has 0 unspecified atom stereocenters. The number of hydrogen-bond donors (Lipinski definition) is 0. The fraction of sp³-hybridized carbons (Fsp3) is 0.588. The van der Waals surface area contributed by atoms with Gasteiger partial charge in [-0.3, -0.25) is 9.69 Å². The third-order valence-corrected chi connectivity index (χ3v) is 3.91. The van der Waals surface area contributed by atoms with Crippen LogP contribution >= 0.6 is 0 Å². The minimum atomic E-state index is 0.179. The highest BCUT2D eigenvalue weighted by molar-refractivity contribution is 5.97. The van der Waals surface area contributed by atoms with E-state index in [4.69, 9.17) is 4.74 Å². The summed E-state index contributed by atoms with van der Waals surface area (Å²) in [6.07, 6.45) is 2.64. The van der Waals surface area contributed by atoms with Gasteiger partial charge in [-0.1, -0.05) is 12.1 Å². The second kappa shape index (κ2) is 7.00. The van der Waals surface area contributed by atoms with E-state index in [0.29, 0.717) is 13.2 Å². The normalized spacial score (nSPS) is 14.8. The third-order valence-electron chi connectivity index (χ3n) is 3.91. The topological polar surface area (TPSA) is 29.5 Å². The van der Waals surface area contributed by atoms with Crippen LogP contribution in [0.1, 0.15) is 34.3 Å². The number of aryl methyl sites for hydroxylation is 2. The molecule has 0 radical (unpaired) electrons. The average Bonchev–Trinajstić information content (AvgIpc) is 3.22. The van der Waals surface area contributed by atoms with Gasteiger partial charge >= 0.3 is 0 Å². The first-order valence-electron chi connectivity index (χ1n) is 7.43. The lowest BCUT2D eigenvalue weighted by atomic mass is 10.0. The summed E-state index contributed by atoms with van der Waals surface area (Å²) in [7, 11) is 1.97. The Hall–Kier alpha value is -1.19. The second-order valence-electron chi connectivity index (χ2n) is 5.98. The molecule has 3 heteroatoms. The van der Waals surface area contributed by atoms with Gasteiger partial charge in [0.05, 0.1) is 13.2 Å². The zero-order valence-corrected chi connectivity index (χ0v) is 12.8. The molecule has 1 fully saturated rings. The van der Waals surface area contributed by atoms with Gasteiger partial charge in [-0.15, -0.1) is 0 Å². The van der Waals surface area contributed by atoms with Gasteiger partial charge in [0.15, 0.2) is 5.78 Å². The van der Waals surface area contributed by atoms with Gasteiger partial charge in [0, 0.05) is 18.7 Å². The van der Waals surface area contributed by atoms with Crippen LogP contribution in [0.5, 0.6) is 0 Å². The zero-order valence-electron chi connectivity index (χ0n) is 12.8. The molecule has 2 rings (SSSR count). The van der Waals surface area contributed by atoms with E-state index in [1.54, 1.807) is 0 Å². The summed E-state index contributed by atoms with van der Waals surface area (Å²) in [6.45, 7) is 6.97. The Kier molecular flexibility index (Phi) is 5.32. The van der Waals surface area contributed by atoms with Crippen LogP contribution in [0.4, 0.5) is 0 Å². The minimum Gasteiger partial charge on any atom is -0.380 e. The Balaban J connectivity index is 1.72. The molecular weight excluding hydrogens is 250 g/mol. The van der Waals surface area contributed by atoms with Crippen LogP contribution in [-0.4, -0.2) is 44.0 Å². The number of carbonyl (C=O) groups excluding carboxylic acids is 1. The average molecular weight is 275 g/mol. The Labute approximate surface area is 121 Å². The molecule has 1 saturated carbocycles. The van der Waals surface area contributed by atoms with E-state index in [2.05, 4.69) is 6.92 Å². The van der Waals surface area contributed by atoms with E-state index in [9.17, 15) is 4.79 Å². The van der Waals surface area contributed by atoms with Gasteiger partial charge in [0.1, 0.15) is 0 Å². The number of carbonyl (C=O) groups is 1. The van der Waals surface area contributed by atoms with Gasteiger partial charge in [-0.25, -0.2) is 0 Å². The lowest BCUT2D eigenvalue weighted by Crippen LogP contribution is -2.29. The summed E-state index contributed by atoms with van der Waals surface area (Å²) in [4.78, 5) is 14.2. The van der Waals surface area contributed by atoms with Crippen molar-refractivity contribution in [3.63, 3.8) is 0 Å². The summed E-state index contributed by atoms with van der Waals surface area (Å²) < 4.78 is 5.60. The monoisotopic (exact) mass is 275 g/mol. The number of ether oxygens (including phenoxy) is 1. The maximum absolute atomic E-state index is 12.2. The van der Waals surface area contributed by atoms with Crippen molar-refractivity contribution < 1.29 is 9.53 Å². The van der Waals surface area contributed by atoms with Crippen molar-refractivity contribution in [2.75, 3.05) is 33.4 Å². The van der Waals surface area contributed by atoms with Crippen molar-refractivity contribution in [2.24, 2.45) is 5.92 Å². The van der Waals surface area contributed by atoms with Gasteiger partial charge in [-0.05, 0) is 56.8 Å². The Morgan fingerprint density at radius 3 is 2.70 bits per heavy atom. The summed E-state index contributed by atoms with van der Waals surface area (Å²) in [5.74, 6) is 0.982. The maximum Gasteiger partial charge on any atom is 0.176 e. The third kappa shape index (κ3) is 4.73. The summed E-state index contributed by atoms with van der Waals surface area (Å²) in [6, 6.07) is 5.92. The lowest BCUT2D eigenvalue weighted by Gasteiger charge is -2.16. The molecule has 0 heterocycles. The van der Waals surface area contributed by atoms with Crippen LogP contribution in [0.3, 0.4) is 0 Å². The molecule has 0 bridgehead atoms. The first kappa shape index (κ1) is 15.2. The SMILES string of the molecule is Cc1ccc(C(=O)CN(C)CCOCC2CC2)cc1C. The molecule has 1 aliphatic rings. The number of benzene rings is 1. The van der Waals surface area contributed by atoms with E-state index in [1.165, 1.54) is 24.0 Å². The highest BCUT2D eigenvalue weighted by Crippen LogP contribution is 2.28. The molecule has 0 aromatic heterocycles. The van der Waals surface area contributed by atoms with Crippen molar-refractivity contribution >= 4 is 5.78 Å². The van der Waals surface area contributed by atoms with Crippen molar-refractivity contribution in [3.8, 4) is 0 Å². The first-order chi connectivity index (χ1) is 9.56. The van der Waals surface area contributed by atoms with Gasteiger partial charge in [0.2, 0.25) is 0 Å². The van der Waals surface area contributed by atoms with E-state index >= 15 is 0 Å². The van der Waals surface area contributed by atoms with Crippen LogP contribution in [0.2, 0.25) is 0 Å². The fourth-order valence-corrected chi connectivity index (χ4v) is 2.09. The number of ketones is 1. The van der Waals surface area contributed by atoms with Crippen molar-refractivity contribution in [2.45, 2.75) is 26.7 Å². The molecule has 0 atom stereocenters. The molecular formula is C17H25NO2. The zero-order chi connectivity index (χ0) is 14.5. The van der Waals surface area contributed by atoms with E-state index in [0.717, 1.165) is 24.6 Å². The van der Waals surface area contributed by atoms with E-state index in [-0.39, 0.29) is 5.78 Å². The van der Waals surface area contributed by atoms with Crippen LogP contribution < -0.4 is 0 Å². The quantitative estimate of drug-likeness (QED) is 0.540. The first-order valence-corrected chi connectivity index (χ1v) is 7.43. The molecule has 110 valence electrons. The van der Waals surface area contributed by atoms with Crippen LogP contribution in [-0.2, 0) is 4.74 Å². The van der Waals surface area contributed by atoms with E-state index < -0.39 is 0 Å². The molecule has 1 aromatic carbocycles. The number of rotatable bonds is 8. The number of Topliss-reactive ketones (excluding diaryl/α,β-unsaturated/α-hetero) is 1. The van der Waals surface area contributed by atoms with Crippen molar-refractivity contribution in [3.05, 3.63) is 34.9 Å². The predicted molar refractivity (Wildman–Crippen MR) is 81.3 cm³/mol. The van der Waals surface area contributed by atoms with Gasteiger partial charge in [-0.2, -0.15) is 0 Å². The number of nitrogens with zero attached hydrogens (tertiary/aromatic N) is 1. The minimum absolute atomic E-state index is 0.179. The molecule has 0 saturated heterocycles. The van der Waals surface area contributed by atoms with Crippen LogP contribution in [0, 0.1) is 19.8 Å². The van der Waals surface area contributed by atoms with Crippen molar-refractivity contribution in [1.29, 1.82) is 0 Å². The highest BCUT2D eigenvalue weighted by atomic mass is 16.5. The summed E-state index contributed by atoms with van der Waals surface area (Å²) in [5.41, 5.74) is 3.20. The summed E-state index contributed by atoms with van der Waals surface area (Å²) in [5, 5.41) is 0. The standard InChI is InChI=1S/C17H25NO2/c1-13-4-7-16(10-14(13)2)17(19)11-18(3)8-9-20-12-15-5-6-15/h4,7,10,15H,5-6,8-9,11-12H2,1-3H3. The molecule has 0 amide bonds. The molecule has 0 spiro atoms. The molecule has 0 N–H and O–H groups in total. The number of hydrogen-bond acceptors (Lipinski definition) is 3. The van der Waals surface area contributed by atoms with Gasteiger partial charge < -0.3 is 4.74 Å². The van der Waals surface area contributed by atoms with Crippen LogP contribution in [0.15, 0.2) is 18.2 Å². The molecule has 1 aromatic rings. The molecule has 20 heavy (non-hydrogen) atoms. The number of likely N-dealkylation sites (N-methyl/N-ethyl adjacent to an activating group) is 1. The Morgan fingerprint density at radius 1 is 1.30 bits per heavy atom. The maximum atomic E-state index is 12.2. The van der Waals surface area contributed by atoms with Crippen LogP contribution in [0.25, 0.3) is 0 Å². The molecule has 3 nitrogen and oxygen atoms in total. The smallest absolute Gasteiger partial charge is 0.176 e. The Bertz CT molecular complexity index is 466. The fourth-order valence-electron chi connectivity index (χ4n) is 2.09. The largest absolute Gasteiger partial charge is 0.380 e. The lowest BCUT2D eigenvalue weighted by molar-refractivity contribution is 0.0861. The highest BCUT2D eigenvalue weighted by Gasteiger charge is 2.21.